The minimum absolute atomic E-state index is 0.0856. The van der Waals surface area contributed by atoms with Crippen molar-refractivity contribution < 1.29 is 17.6 Å². The van der Waals surface area contributed by atoms with E-state index in [-0.39, 0.29) is 17.1 Å². The van der Waals surface area contributed by atoms with E-state index in [0.29, 0.717) is 5.56 Å². The summed E-state index contributed by atoms with van der Waals surface area (Å²) in [5.41, 5.74) is 1.54. The number of benzene rings is 3. The number of hydrogen-bond acceptors (Lipinski definition) is 3. The van der Waals surface area contributed by atoms with Crippen molar-refractivity contribution in [3.63, 3.8) is 0 Å². The van der Waals surface area contributed by atoms with Gasteiger partial charge in [0.05, 0.1) is 10.9 Å². The van der Waals surface area contributed by atoms with Gasteiger partial charge in [-0.3, -0.25) is 4.79 Å². The van der Waals surface area contributed by atoms with Gasteiger partial charge in [0.2, 0.25) is 15.9 Å². The molecule has 0 saturated heterocycles. The van der Waals surface area contributed by atoms with Gasteiger partial charge in [-0.1, -0.05) is 60.7 Å². The first kappa shape index (κ1) is 21.7. The van der Waals surface area contributed by atoms with Gasteiger partial charge < -0.3 is 5.32 Å². The van der Waals surface area contributed by atoms with E-state index in [1.807, 2.05) is 30.3 Å². The molecule has 0 radical (unpaired) electrons. The average Bonchev–Trinajstić information content (AvgIpc) is 2.75. The molecule has 3 rings (SSSR count). The Bertz CT molecular complexity index is 1070. The SMILES string of the molecule is C[C@H](NC(=O)[C@H](Cc1ccccc1)NS(=O)(=O)c1ccccc1)c1ccc(F)cc1. The van der Waals surface area contributed by atoms with Gasteiger partial charge in [-0.25, -0.2) is 12.8 Å². The summed E-state index contributed by atoms with van der Waals surface area (Å²) in [4.78, 5) is 13.1. The molecule has 2 atom stereocenters. The molecule has 1 amide bonds. The molecule has 0 saturated carbocycles. The molecule has 0 heterocycles. The molecular weight excluding hydrogens is 403 g/mol. The van der Waals surface area contributed by atoms with Gasteiger partial charge in [-0.05, 0) is 48.7 Å². The van der Waals surface area contributed by atoms with Crippen molar-refractivity contribution in [3.05, 3.63) is 102 Å². The molecule has 3 aromatic rings. The largest absolute Gasteiger partial charge is 0.348 e. The maximum Gasteiger partial charge on any atom is 0.241 e. The summed E-state index contributed by atoms with van der Waals surface area (Å²) in [6.07, 6.45) is 0.189. The lowest BCUT2D eigenvalue weighted by Crippen LogP contribution is -2.48. The zero-order valence-corrected chi connectivity index (χ0v) is 17.3. The van der Waals surface area contributed by atoms with Gasteiger partial charge in [-0.2, -0.15) is 4.72 Å². The van der Waals surface area contributed by atoms with E-state index >= 15 is 0 Å². The first-order chi connectivity index (χ1) is 14.3. The number of amides is 1. The van der Waals surface area contributed by atoms with Gasteiger partial charge in [0.1, 0.15) is 11.9 Å². The first-order valence-electron chi connectivity index (χ1n) is 9.52. The molecule has 3 aromatic carbocycles. The highest BCUT2D eigenvalue weighted by molar-refractivity contribution is 7.89. The Hall–Kier alpha value is -3.03. The minimum atomic E-state index is -3.89. The maximum atomic E-state index is 13.2. The normalized spacial score (nSPS) is 13.4. The second-order valence-electron chi connectivity index (χ2n) is 6.96. The smallest absolute Gasteiger partial charge is 0.241 e. The van der Waals surface area contributed by atoms with Crippen molar-refractivity contribution in [1.29, 1.82) is 0 Å². The molecular formula is C23H23FN2O3S. The quantitative estimate of drug-likeness (QED) is 0.578. The van der Waals surface area contributed by atoms with E-state index in [0.717, 1.165) is 5.56 Å². The van der Waals surface area contributed by atoms with E-state index in [9.17, 15) is 17.6 Å². The van der Waals surface area contributed by atoms with Crippen LogP contribution in [0.15, 0.2) is 89.8 Å². The van der Waals surface area contributed by atoms with Crippen molar-refractivity contribution in [1.82, 2.24) is 10.0 Å². The summed E-state index contributed by atoms with van der Waals surface area (Å²) in [6, 6.07) is 21.5. The summed E-state index contributed by atoms with van der Waals surface area (Å²) in [7, 11) is -3.89. The summed E-state index contributed by atoms with van der Waals surface area (Å²) >= 11 is 0. The van der Waals surface area contributed by atoms with Crippen LogP contribution in [0.4, 0.5) is 4.39 Å². The number of carbonyl (C=O) groups is 1. The van der Waals surface area contributed by atoms with E-state index in [1.54, 1.807) is 37.3 Å². The average molecular weight is 427 g/mol. The van der Waals surface area contributed by atoms with Gasteiger partial charge >= 0.3 is 0 Å². The van der Waals surface area contributed by atoms with Crippen molar-refractivity contribution in [2.45, 2.75) is 30.3 Å². The number of rotatable bonds is 8. The highest BCUT2D eigenvalue weighted by atomic mass is 32.2. The lowest BCUT2D eigenvalue weighted by molar-refractivity contribution is -0.123. The highest BCUT2D eigenvalue weighted by Gasteiger charge is 2.27. The topological polar surface area (TPSA) is 75.3 Å². The molecule has 0 spiro atoms. The minimum Gasteiger partial charge on any atom is -0.348 e. The standard InChI is InChI=1S/C23H23FN2O3S/c1-17(19-12-14-20(24)15-13-19)25-23(27)22(16-18-8-4-2-5-9-18)26-30(28,29)21-10-6-3-7-11-21/h2-15,17,22,26H,16H2,1H3,(H,25,27)/t17-,22-/m0/s1. The third-order valence-corrected chi connectivity index (χ3v) is 6.17. The molecule has 0 aliphatic carbocycles. The number of halogens is 1. The fourth-order valence-corrected chi connectivity index (χ4v) is 4.26. The Morgan fingerprint density at radius 2 is 1.47 bits per heavy atom. The van der Waals surface area contributed by atoms with Gasteiger partial charge in [0, 0.05) is 0 Å². The third-order valence-electron chi connectivity index (χ3n) is 4.68. The molecule has 0 bridgehead atoms. The Labute approximate surface area is 176 Å². The lowest BCUT2D eigenvalue weighted by atomic mass is 10.0. The van der Waals surface area contributed by atoms with E-state index in [4.69, 9.17) is 0 Å². The van der Waals surface area contributed by atoms with E-state index < -0.39 is 28.0 Å². The Kier molecular flexibility index (Phi) is 6.97. The zero-order chi connectivity index (χ0) is 21.6. The second-order valence-corrected chi connectivity index (χ2v) is 8.67. The molecule has 2 N–H and O–H groups in total. The number of carbonyl (C=O) groups excluding carboxylic acids is 1. The van der Waals surface area contributed by atoms with E-state index in [2.05, 4.69) is 10.0 Å². The first-order valence-corrected chi connectivity index (χ1v) is 11.0. The fourth-order valence-electron chi connectivity index (χ4n) is 3.04. The summed E-state index contributed by atoms with van der Waals surface area (Å²) < 4.78 is 41.3. The van der Waals surface area contributed by atoms with Crippen LogP contribution in [0.3, 0.4) is 0 Å². The monoisotopic (exact) mass is 426 g/mol. The van der Waals surface area contributed by atoms with Gasteiger partial charge in [-0.15, -0.1) is 0 Å². The zero-order valence-electron chi connectivity index (χ0n) is 16.5. The van der Waals surface area contributed by atoms with Crippen LogP contribution in [0.2, 0.25) is 0 Å². The predicted octanol–water partition coefficient (Wildman–Crippen LogP) is 3.59. The summed E-state index contributed by atoms with van der Waals surface area (Å²) in [5, 5.41) is 2.82. The van der Waals surface area contributed by atoms with Crippen LogP contribution in [0.1, 0.15) is 24.1 Å². The predicted molar refractivity (Wildman–Crippen MR) is 114 cm³/mol. The van der Waals surface area contributed by atoms with Crippen LogP contribution in [-0.2, 0) is 21.2 Å². The van der Waals surface area contributed by atoms with Crippen LogP contribution < -0.4 is 10.0 Å². The van der Waals surface area contributed by atoms with E-state index in [1.165, 1.54) is 24.3 Å². The van der Waals surface area contributed by atoms with Crippen LogP contribution in [-0.4, -0.2) is 20.4 Å². The number of nitrogens with one attached hydrogen (secondary N) is 2. The molecule has 0 aliphatic rings. The molecule has 0 fully saturated rings. The van der Waals surface area contributed by atoms with Crippen molar-refractivity contribution in [2.24, 2.45) is 0 Å². The summed E-state index contributed by atoms with van der Waals surface area (Å²) in [6.45, 7) is 1.76. The van der Waals surface area contributed by atoms with Crippen LogP contribution in [0, 0.1) is 5.82 Å². The van der Waals surface area contributed by atoms with Gasteiger partial charge in [0.25, 0.3) is 0 Å². The van der Waals surface area contributed by atoms with Crippen LogP contribution >= 0.6 is 0 Å². The molecule has 0 aromatic heterocycles. The third kappa shape index (κ3) is 5.75. The molecule has 0 aliphatic heterocycles. The highest BCUT2D eigenvalue weighted by Crippen LogP contribution is 2.15. The Morgan fingerprint density at radius 1 is 0.900 bits per heavy atom. The molecule has 156 valence electrons. The Morgan fingerprint density at radius 3 is 2.07 bits per heavy atom. The number of hydrogen-bond donors (Lipinski definition) is 2. The van der Waals surface area contributed by atoms with Crippen molar-refractivity contribution >= 4 is 15.9 Å². The second kappa shape index (κ2) is 9.65. The molecule has 5 nitrogen and oxygen atoms in total. The molecule has 0 unspecified atom stereocenters. The summed E-state index contributed by atoms with van der Waals surface area (Å²) in [5.74, 6) is -0.829. The fraction of sp³-hybridized carbons (Fsp3) is 0.174. The van der Waals surface area contributed by atoms with Crippen LogP contribution in [0.25, 0.3) is 0 Å². The Balaban J connectivity index is 1.81. The number of sulfonamides is 1. The van der Waals surface area contributed by atoms with Crippen molar-refractivity contribution in [3.8, 4) is 0 Å². The molecule has 30 heavy (non-hydrogen) atoms. The van der Waals surface area contributed by atoms with Crippen molar-refractivity contribution in [2.75, 3.05) is 0 Å². The lowest BCUT2D eigenvalue weighted by Gasteiger charge is -2.22. The van der Waals surface area contributed by atoms with Crippen LogP contribution in [0.5, 0.6) is 0 Å². The molecule has 7 heteroatoms. The van der Waals surface area contributed by atoms with Gasteiger partial charge in [0.15, 0.2) is 0 Å². The maximum absolute atomic E-state index is 13.2.